The minimum atomic E-state index is -0.961. The van der Waals surface area contributed by atoms with E-state index in [0.717, 1.165) is 0 Å². The first-order valence-electron chi connectivity index (χ1n) is 4.47. The van der Waals surface area contributed by atoms with Crippen molar-refractivity contribution in [3.05, 3.63) is 35.3 Å². The Hall–Kier alpha value is -1.84. The van der Waals surface area contributed by atoms with Gasteiger partial charge in [0.25, 0.3) is 0 Å². The highest BCUT2D eigenvalue weighted by molar-refractivity contribution is 5.83. The zero-order valence-corrected chi connectivity index (χ0v) is 8.08. The monoisotopic (exact) mass is 208 g/mol. The number of carboxylic acids is 1. The van der Waals surface area contributed by atoms with E-state index in [1.165, 1.54) is 18.2 Å². The van der Waals surface area contributed by atoms with Crippen molar-refractivity contribution in [1.82, 2.24) is 0 Å². The van der Waals surface area contributed by atoms with Crippen LogP contribution >= 0.6 is 0 Å². The van der Waals surface area contributed by atoms with Crippen LogP contribution in [0.4, 0.5) is 4.39 Å². The van der Waals surface area contributed by atoms with Gasteiger partial charge in [-0.2, -0.15) is 0 Å². The van der Waals surface area contributed by atoms with Crippen molar-refractivity contribution < 1.29 is 18.7 Å². The average Bonchev–Trinajstić information content (AvgIpc) is 2.44. The summed E-state index contributed by atoms with van der Waals surface area (Å²) in [6, 6.07) is 4.14. The van der Waals surface area contributed by atoms with Gasteiger partial charge in [0.05, 0.1) is 0 Å². The molecule has 0 saturated carbocycles. The van der Waals surface area contributed by atoms with E-state index in [1.807, 2.05) is 0 Å². The molecule has 3 nitrogen and oxygen atoms in total. The molecular formula is C11H9FO3. The highest BCUT2D eigenvalue weighted by Gasteiger charge is 2.13. The van der Waals surface area contributed by atoms with Crippen molar-refractivity contribution in [2.45, 2.75) is 13.3 Å². The Morgan fingerprint density at radius 1 is 1.53 bits per heavy atom. The molecule has 0 radical (unpaired) electrons. The standard InChI is InChI=1S/C11H9FO3/c1-6-8-4-7(12)2-3-9(8)15-10(6)5-11(13)14/h2-4H,5H2,1H3,(H,13,14). The first kappa shape index (κ1) is 9.71. The molecule has 2 rings (SSSR count). The molecule has 0 bridgehead atoms. The number of hydrogen-bond acceptors (Lipinski definition) is 2. The molecule has 78 valence electrons. The van der Waals surface area contributed by atoms with Crippen molar-refractivity contribution in [2.75, 3.05) is 0 Å². The zero-order valence-electron chi connectivity index (χ0n) is 8.08. The van der Waals surface area contributed by atoms with Crippen LogP contribution in [0, 0.1) is 12.7 Å². The van der Waals surface area contributed by atoms with Crippen LogP contribution in [0.3, 0.4) is 0 Å². The Bertz CT molecular complexity index is 528. The van der Waals surface area contributed by atoms with Crippen molar-refractivity contribution in [3.63, 3.8) is 0 Å². The lowest BCUT2D eigenvalue weighted by atomic mass is 10.1. The maximum Gasteiger partial charge on any atom is 0.311 e. The number of benzene rings is 1. The van der Waals surface area contributed by atoms with Crippen LogP contribution in [0.1, 0.15) is 11.3 Å². The predicted molar refractivity (Wildman–Crippen MR) is 52.2 cm³/mol. The fraction of sp³-hybridized carbons (Fsp3) is 0.182. The maximum absolute atomic E-state index is 12.9. The molecule has 4 heteroatoms. The van der Waals surface area contributed by atoms with E-state index < -0.39 is 5.97 Å². The predicted octanol–water partition coefficient (Wildman–Crippen LogP) is 2.51. The summed E-state index contributed by atoms with van der Waals surface area (Å²) in [5.41, 5.74) is 1.21. The fourth-order valence-corrected chi connectivity index (χ4v) is 1.55. The molecule has 1 heterocycles. The lowest BCUT2D eigenvalue weighted by Gasteiger charge is -1.91. The van der Waals surface area contributed by atoms with Gasteiger partial charge in [-0.3, -0.25) is 4.79 Å². The molecule has 0 aliphatic heterocycles. The topological polar surface area (TPSA) is 50.4 Å². The second-order valence-electron chi connectivity index (χ2n) is 3.36. The van der Waals surface area contributed by atoms with Crippen molar-refractivity contribution in [2.24, 2.45) is 0 Å². The molecule has 0 amide bonds. The highest BCUT2D eigenvalue weighted by atomic mass is 19.1. The summed E-state index contributed by atoms with van der Waals surface area (Å²) in [6.45, 7) is 1.73. The van der Waals surface area contributed by atoms with Gasteiger partial charge in [0.1, 0.15) is 23.6 Å². The molecular weight excluding hydrogens is 199 g/mol. The van der Waals surface area contributed by atoms with Crippen LogP contribution in [0.15, 0.2) is 22.6 Å². The second kappa shape index (κ2) is 3.38. The summed E-state index contributed by atoms with van der Waals surface area (Å²) in [4.78, 5) is 10.5. The van der Waals surface area contributed by atoms with Crippen molar-refractivity contribution in [3.8, 4) is 0 Å². The van der Waals surface area contributed by atoms with Crippen molar-refractivity contribution in [1.29, 1.82) is 0 Å². The van der Waals surface area contributed by atoms with E-state index >= 15 is 0 Å². The maximum atomic E-state index is 12.9. The summed E-state index contributed by atoms with van der Waals surface area (Å²) in [6.07, 6.45) is -0.178. The Morgan fingerprint density at radius 3 is 2.93 bits per heavy atom. The summed E-state index contributed by atoms with van der Waals surface area (Å²) in [5.74, 6) is -0.936. The van der Waals surface area contributed by atoms with E-state index in [1.54, 1.807) is 6.92 Å². The van der Waals surface area contributed by atoms with Crippen LogP contribution < -0.4 is 0 Å². The molecule has 1 aromatic carbocycles. The van der Waals surface area contributed by atoms with Gasteiger partial charge in [-0.25, -0.2) is 4.39 Å². The molecule has 0 aliphatic carbocycles. The minimum Gasteiger partial charge on any atom is -0.481 e. The summed E-state index contributed by atoms with van der Waals surface area (Å²) in [7, 11) is 0. The number of aryl methyl sites for hydroxylation is 1. The lowest BCUT2D eigenvalue weighted by Crippen LogP contribution is -1.99. The van der Waals surface area contributed by atoms with E-state index in [0.29, 0.717) is 22.3 Å². The van der Waals surface area contributed by atoms with Gasteiger partial charge in [0, 0.05) is 5.39 Å². The van der Waals surface area contributed by atoms with Crippen molar-refractivity contribution >= 4 is 16.9 Å². The van der Waals surface area contributed by atoms with E-state index in [4.69, 9.17) is 9.52 Å². The van der Waals surface area contributed by atoms with Gasteiger partial charge < -0.3 is 9.52 Å². The van der Waals surface area contributed by atoms with Crippen LogP contribution in [0.25, 0.3) is 11.0 Å². The van der Waals surface area contributed by atoms with E-state index in [-0.39, 0.29) is 12.2 Å². The highest BCUT2D eigenvalue weighted by Crippen LogP contribution is 2.26. The van der Waals surface area contributed by atoms with Gasteiger partial charge in [-0.1, -0.05) is 0 Å². The molecule has 0 atom stereocenters. The third kappa shape index (κ3) is 1.70. The zero-order chi connectivity index (χ0) is 11.0. The molecule has 0 saturated heterocycles. The van der Waals surface area contributed by atoms with Crippen LogP contribution in [-0.2, 0) is 11.2 Å². The average molecular weight is 208 g/mol. The Labute approximate surface area is 85.1 Å². The Kier molecular flexibility index (Phi) is 2.19. The number of fused-ring (bicyclic) bond motifs is 1. The number of aliphatic carboxylic acids is 1. The first-order valence-corrected chi connectivity index (χ1v) is 4.47. The largest absolute Gasteiger partial charge is 0.481 e. The van der Waals surface area contributed by atoms with Crippen LogP contribution in [0.5, 0.6) is 0 Å². The molecule has 1 N–H and O–H groups in total. The third-order valence-corrected chi connectivity index (χ3v) is 2.31. The molecule has 2 aromatic rings. The smallest absolute Gasteiger partial charge is 0.311 e. The number of rotatable bonds is 2. The minimum absolute atomic E-state index is 0.178. The van der Waals surface area contributed by atoms with Crippen LogP contribution in [-0.4, -0.2) is 11.1 Å². The van der Waals surface area contributed by atoms with E-state index in [9.17, 15) is 9.18 Å². The van der Waals surface area contributed by atoms with Gasteiger partial charge in [0.2, 0.25) is 0 Å². The van der Waals surface area contributed by atoms with Gasteiger partial charge in [-0.15, -0.1) is 0 Å². The first-order chi connectivity index (χ1) is 7.08. The number of furan rings is 1. The van der Waals surface area contributed by atoms with Gasteiger partial charge in [-0.05, 0) is 30.7 Å². The molecule has 15 heavy (non-hydrogen) atoms. The molecule has 0 unspecified atom stereocenters. The number of carboxylic acid groups (broad SMARTS) is 1. The van der Waals surface area contributed by atoms with Crippen LogP contribution in [0.2, 0.25) is 0 Å². The normalized spacial score (nSPS) is 10.8. The second-order valence-corrected chi connectivity index (χ2v) is 3.36. The third-order valence-electron chi connectivity index (χ3n) is 2.31. The fourth-order valence-electron chi connectivity index (χ4n) is 1.55. The molecule has 1 aromatic heterocycles. The molecule has 0 fully saturated rings. The number of carbonyl (C=O) groups is 1. The summed E-state index contributed by atoms with van der Waals surface area (Å²) >= 11 is 0. The Balaban J connectivity index is 2.59. The summed E-state index contributed by atoms with van der Waals surface area (Å²) < 4.78 is 18.2. The number of halogens is 1. The lowest BCUT2D eigenvalue weighted by molar-refractivity contribution is -0.136. The van der Waals surface area contributed by atoms with Gasteiger partial charge in [0.15, 0.2) is 0 Å². The van der Waals surface area contributed by atoms with Gasteiger partial charge >= 0.3 is 5.97 Å². The molecule has 0 aliphatic rings. The number of hydrogen-bond donors (Lipinski definition) is 1. The molecule has 0 spiro atoms. The summed E-state index contributed by atoms with van der Waals surface area (Å²) in [5, 5.41) is 9.27. The Morgan fingerprint density at radius 2 is 2.27 bits per heavy atom. The van der Waals surface area contributed by atoms with E-state index in [2.05, 4.69) is 0 Å². The quantitative estimate of drug-likeness (QED) is 0.824. The SMILES string of the molecule is Cc1c(CC(=O)O)oc2ccc(F)cc12.